The lowest BCUT2D eigenvalue weighted by Gasteiger charge is -2.20. The van der Waals surface area contributed by atoms with Crippen LogP contribution in [-0.4, -0.2) is 34.6 Å². The van der Waals surface area contributed by atoms with Gasteiger partial charge in [-0.05, 0) is 29.7 Å². The minimum absolute atomic E-state index is 0.179. The molecule has 23 heavy (non-hydrogen) atoms. The molecule has 1 unspecified atom stereocenters. The van der Waals surface area contributed by atoms with E-state index < -0.39 is 0 Å². The highest BCUT2D eigenvalue weighted by atomic mass is 35.5. The van der Waals surface area contributed by atoms with Crippen molar-refractivity contribution in [1.29, 1.82) is 0 Å². The maximum atomic E-state index is 12.5. The normalized spacial score (nSPS) is 18.5. The number of carbonyl (C=O) groups is 1. The van der Waals surface area contributed by atoms with Gasteiger partial charge in [0.25, 0.3) is 0 Å². The predicted octanol–water partition coefficient (Wildman–Crippen LogP) is 3.98. The zero-order valence-corrected chi connectivity index (χ0v) is 14.4. The third-order valence-corrected chi connectivity index (χ3v) is 5.68. The Morgan fingerprint density at radius 1 is 1.26 bits per heavy atom. The van der Waals surface area contributed by atoms with Gasteiger partial charge in [0, 0.05) is 41.5 Å². The van der Waals surface area contributed by atoms with E-state index in [0.29, 0.717) is 11.7 Å². The maximum Gasteiger partial charge on any atom is 0.227 e. The average molecular weight is 347 g/mol. The standard InChI is InChI=1S/C18H19ClN2OS/c19-16-6-2-1-5-15(16)17-7-9-21(10-11-23-17)18(22)12-14-4-3-8-20-13-14/h1-6,8,13,17H,7,9-12H2. The summed E-state index contributed by atoms with van der Waals surface area (Å²) >= 11 is 8.20. The quantitative estimate of drug-likeness (QED) is 0.842. The molecule has 0 aliphatic carbocycles. The van der Waals surface area contributed by atoms with Crippen molar-refractivity contribution in [3.8, 4) is 0 Å². The lowest BCUT2D eigenvalue weighted by Crippen LogP contribution is -2.34. The number of amides is 1. The largest absolute Gasteiger partial charge is 0.342 e. The van der Waals surface area contributed by atoms with Crippen molar-refractivity contribution in [3.05, 3.63) is 64.9 Å². The number of benzene rings is 1. The molecular weight excluding hydrogens is 328 g/mol. The van der Waals surface area contributed by atoms with Gasteiger partial charge in [0.1, 0.15) is 0 Å². The highest BCUT2D eigenvalue weighted by molar-refractivity contribution is 7.99. The van der Waals surface area contributed by atoms with Crippen LogP contribution < -0.4 is 0 Å². The van der Waals surface area contributed by atoms with Crippen LogP contribution in [0.4, 0.5) is 0 Å². The Kier molecular flexibility index (Phi) is 5.57. The van der Waals surface area contributed by atoms with Crippen molar-refractivity contribution in [3.63, 3.8) is 0 Å². The van der Waals surface area contributed by atoms with Gasteiger partial charge >= 0.3 is 0 Å². The number of nitrogens with zero attached hydrogens (tertiary/aromatic N) is 2. The van der Waals surface area contributed by atoms with Gasteiger partial charge in [-0.1, -0.05) is 35.9 Å². The van der Waals surface area contributed by atoms with Crippen molar-refractivity contribution in [2.75, 3.05) is 18.8 Å². The van der Waals surface area contributed by atoms with E-state index in [1.165, 1.54) is 5.56 Å². The van der Waals surface area contributed by atoms with Crippen molar-refractivity contribution in [1.82, 2.24) is 9.88 Å². The van der Waals surface area contributed by atoms with Gasteiger partial charge < -0.3 is 4.90 Å². The van der Waals surface area contributed by atoms with Crippen LogP contribution in [0.2, 0.25) is 5.02 Å². The van der Waals surface area contributed by atoms with Gasteiger partial charge in [-0.15, -0.1) is 0 Å². The van der Waals surface area contributed by atoms with E-state index in [1.54, 1.807) is 12.4 Å². The molecule has 0 spiro atoms. The highest BCUT2D eigenvalue weighted by Crippen LogP contribution is 2.37. The highest BCUT2D eigenvalue weighted by Gasteiger charge is 2.23. The van der Waals surface area contributed by atoms with Crippen LogP contribution >= 0.6 is 23.4 Å². The summed E-state index contributed by atoms with van der Waals surface area (Å²) in [6.07, 6.45) is 4.85. The molecule has 1 aliphatic rings. The molecule has 2 aromatic rings. The number of pyridine rings is 1. The first-order valence-corrected chi connectivity index (χ1v) is 9.19. The van der Waals surface area contributed by atoms with Crippen LogP contribution in [0.3, 0.4) is 0 Å². The van der Waals surface area contributed by atoms with Crippen LogP contribution in [-0.2, 0) is 11.2 Å². The summed E-state index contributed by atoms with van der Waals surface area (Å²) in [4.78, 5) is 18.5. The Balaban J connectivity index is 1.62. The molecule has 0 N–H and O–H groups in total. The molecule has 0 bridgehead atoms. The van der Waals surface area contributed by atoms with Crippen molar-refractivity contribution in [2.45, 2.75) is 18.1 Å². The minimum Gasteiger partial charge on any atom is -0.342 e. The summed E-state index contributed by atoms with van der Waals surface area (Å²) in [6, 6.07) is 11.8. The fourth-order valence-corrected chi connectivity index (χ4v) is 4.39. The Labute approximate surface area is 146 Å². The van der Waals surface area contributed by atoms with E-state index in [9.17, 15) is 4.79 Å². The SMILES string of the molecule is O=C(Cc1cccnc1)N1CCSC(c2ccccc2Cl)CC1. The molecule has 1 saturated heterocycles. The number of halogens is 1. The number of hydrogen-bond donors (Lipinski definition) is 0. The lowest BCUT2D eigenvalue weighted by atomic mass is 10.1. The Bertz CT molecular complexity index is 665. The van der Waals surface area contributed by atoms with Crippen LogP contribution in [0.15, 0.2) is 48.8 Å². The van der Waals surface area contributed by atoms with E-state index in [0.717, 1.165) is 35.8 Å². The molecule has 0 radical (unpaired) electrons. The van der Waals surface area contributed by atoms with Gasteiger partial charge in [0.2, 0.25) is 5.91 Å². The first-order chi connectivity index (χ1) is 11.2. The fourth-order valence-electron chi connectivity index (χ4n) is 2.79. The fraction of sp³-hybridized carbons (Fsp3) is 0.333. The van der Waals surface area contributed by atoms with Crippen LogP contribution in [0.1, 0.15) is 22.8 Å². The van der Waals surface area contributed by atoms with Gasteiger partial charge in [-0.2, -0.15) is 11.8 Å². The van der Waals surface area contributed by atoms with Crippen LogP contribution in [0, 0.1) is 0 Å². The number of rotatable bonds is 3. The van der Waals surface area contributed by atoms with Crippen LogP contribution in [0.25, 0.3) is 0 Å². The number of aromatic nitrogens is 1. The molecule has 1 aromatic heterocycles. The van der Waals surface area contributed by atoms with Gasteiger partial charge in [0.05, 0.1) is 6.42 Å². The monoisotopic (exact) mass is 346 g/mol. The summed E-state index contributed by atoms with van der Waals surface area (Å²) in [5.74, 6) is 1.12. The second-order valence-corrected chi connectivity index (χ2v) is 7.31. The van der Waals surface area contributed by atoms with E-state index in [-0.39, 0.29) is 5.91 Å². The zero-order valence-electron chi connectivity index (χ0n) is 12.8. The van der Waals surface area contributed by atoms with Crippen molar-refractivity contribution in [2.24, 2.45) is 0 Å². The van der Waals surface area contributed by atoms with E-state index in [2.05, 4.69) is 11.1 Å². The van der Waals surface area contributed by atoms with Crippen molar-refractivity contribution < 1.29 is 4.79 Å². The summed E-state index contributed by atoms with van der Waals surface area (Å²) in [5.41, 5.74) is 2.15. The number of carbonyl (C=O) groups excluding carboxylic acids is 1. The predicted molar refractivity (Wildman–Crippen MR) is 95.8 cm³/mol. The van der Waals surface area contributed by atoms with E-state index in [4.69, 9.17) is 11.6 Å². The Morgan fingerprint density at radius 3 is 2.91 bits per heavy atom. The van der Waals surface area contributed by atoms with Gasteiger partial charge in [-0.3, -0.25) is 9.78 Å². The van der Waals surface area contributed by atoms with E-state index >= 15 is 0 Å². The van der Waals surface area contributed by atoms with Crippen LogP contribution in [0.5, 0.6) is 0 Å². The molecule has 5 heteroatoms. The maximum absolute atomic E-state index is 12.5. The number of thioether (sulfide) groups is 1. The molecule has 1 aromatic carbocycles. The molecular formula is C18H19ClN2OS. The smallest absolute Gasteiger partial charge is 0.227 e. The minimum atomic E-state index is 0.179. The van der Waals surface area contributed by atoms with E-state index in [1.807, 2.05) is 47.0 Å². The molecule has 1 amide bonds. The Hall–Kier alpha value is -1.52. The summed E-state index contributed by atoms with van der Waals surface area (Å²) in [6.45, 7) is 1.58. The van der Waals surface area contributed by atoms with Gasteiger partial charge in [-0.25, -0.2) is 0 Å². The molecule has 120 valence electrons. The lowest BCUT2D eigenvalue weighted by molar-refractivity contribution is -0.130. The third-order valence-electron chi connectivity index (χ3n) is 4.02. The topological polar surface area (TPSA) is 33.2 Å². The molecule has 2 heterocycles. The van der Waals surface area contributed by atoms with Crippen molar-refractivity contribution >= 4 is 29.3 Å². The average Bonchev–Trinajstić information content (AvgIpc) is 2.82. The Morgan fingerprint density at radius 2 is 2.13 bits per heavy atom. The molecule has 1 atom stereocenters. The molecule has 1 fully saturated rings. The molecule has 3 nitrogen and oxygen atoms in total. The third kappa shape index (κ3) is 4.27. The zero-order chi connectivity index (χ0) is 16.1. The van der Waals surface area contributed by atoms with Gasteiger partial charge in [0.15, 0.2) is 0 Å². The summed E-state index contributed by atoms with van der Waals surface area (Å²) < 4.78 is 0. The summed E-state index contributed by atoms with van der Waals surface area (Å²) in [5, 5.41) is 1.18. The second kappa shape index (κ2) is 7.84. The number of hydrogen-bond acceptors (Lipinski definition) is 3. The first-order valence-electron chi connectivity index (χ1n) is 7.77. The first kappa shape index (κ1) is 16.3. The summed E-state index contributed by atoms with van der Waals surface area (Å²) in [7, 11) is 0. The molecule has 3 rings (SSSR count). The second-order valence-electron chi connectivity index (χ2n) is 5.59. The molecule has 0 saturated carbocycles. The molecule has 1 aliphatic heterocycles.